The molecule has 0 amide bonds. The average molecular weight is 273 g/mol. The fraction of sp³-hybridized carbons (Fsp3) is 0.500. The first-order valence-corrected chi connectivity index (χ1v) is 7.30. The van der Waals surface area contributed by atoms with E-state index in [0.717, 1.165) is 5.56 Å². The van der Waals surface area contributed by atoms with Crippen molar-refractivity contribution in [3.05, 3.63) is 23.8 Å². The zero-order chi connectivity index (χ0) is 13.8. The minimum atomic E-state index is -3.26. The first-order chi connectivity index (χ1) is 8.43. The molecule has 0 spiro atoms. The van der Waals surface area contributed by atoms with E-state index in [9.17, 15) is 8.42 Å². The van der Waals surface area contributed by atoms with Crippen molar-refractivity contribution in [1.29, 1.82) is 0 Å². The molecule has 0 unspecified atom stereocenters. The van der Waals surface area contributed by atoms with E-state index in [-0.39, 0.29) is 11.8 Å². The van der Waals surface area contributed by atoms with Crippen LogP contribution in [0.3, 0.4) is 0 Å². The molecule has 18 heavy (non-hydrogen) atoms. The molecular weight excluding hydrogens is 254 g/mol. The average Bonchev–Trinajstić information content (AvgIpc) is 2.37. The summed E-state index contributed by atoms with van der Waals surface area (Å²) in [6.45, 7) is 3.36. The molecule has 1 rings (SSSR count). The van der Waals surface area contributed by atoms with Crippen LogP contribution in [0.1, 0.15) is 25.5 Å². The minimum absolute atomic E-state index is 0.0453. The molecule has 6 heteroatoms. The van der Waals surface area contributed by atoms with Crippen LogP contribution in [0.25, 0.3) is 0 Å². The molecule has 0 heterocycles. The van der Waals surface area contributed by atoms with Gasteiger partial charge in [0.2, 0.25) is 10.0 Å². The standard InChI is InChI=1S/C12H19NO4S/c1-5-18(14,15)13-9(2)11-8-10(16-3)6-7-12(11)17-4/h6-9,13H,5H2,1-4H3/t9-/m1/s1. The Bertz CT molecular complexity index is 499. The highest BCUT2D eigenvalue weighted by Crippen LogP contribution is 2.29. The van der Waals surface area contributed by atoms with Crippen LogP contribution in [0.15, 0.2) is 18.2 Å². The normalized spacial score (nSPS) is 13.1. The van der Waals surface area contributed by atoms with Crippen LogP contribution in [0.4, 0.5) is 0 Å². The summed E-state index contributed by atoms with van der Waals surface area (Å²) in [7, 11) is -0.148. The summed E-state index contributed by atoms with van der Waals surface area (Å²) in [5.74, 6) is 1.33. The van der Waals surface area contributed by atoms with Gasteiger partial charge < -0.3 is 9.47 Å². The maximum atomic E-state index is 11.6. The first kappa shape index (κ1) is 14.8. The predicted octanol–water partition coefficient (Wildman–Crippen LogP) is 1.70. The van der Waals surface area contributed by atoms with E-state index in [1.807, 2.05) is 0 Å². The number of nitrogens with one attached hydrogen (secondary N) is 1. The number of hydrogen-bond acceptors (Lipinski definition) is 4. The van der Waals surface area contributed by atoms with Gasteiger partial charge in [-0.25, -0.2) is 13.1 Å². The zero-order valence-electron chi connectivity index (χ0n) is 11.1. The van der Waals surface area contributed by atoms with Crippen LogP contribution in [0, 0.1) is 0 Å². The van der Waals surface area contributed by atoms with E-state index in [2.05, 4.69) is 4.72 Å². The molecule has 0 saturated carbocycles. The third-order valence-corrected chi connectivity index (χ3v) is 4.11. The number of rotatable bonds is 6. The fourth-order valence-corrected chi connectivity index (χ4v) is 2.43. The summed E-state index contributed by atoms with van der Waals surface area (Å²) >= 11 is 0. The van der Waals surface area contributed by atoms with Crippen LogP contribution in [0.5, 0.6) is 11.5 Å². The Hall–Kier alpha value is -1.27. The lowest BCUT2D eigenvalue weighted by Crippen LogP contribution is -2.28. The van der Waals surface area contributed by atoms with Gasteiger partial charge in [-0.05, 0) is 32.0 Å². The monoisotopic (exact) mass is 273 g/mol. The summed E-state index contributed by atoms with van der Waals surface area (Å²) in [5.41, 5.74) is 0.744. The van der Waals surface area contributed by atoms with Crippen molar-refractivity contribution in [2.75, 3.05) is 20.0 Å². The van der Waals surface area contributed by atoms with Gasteiger partial charge in [0.25, 0.3) is 0 Å². The lowest BCUT2D eigenvalue weighted by Gasteiger charge is -2.17. The molecule has 1 aromatic rings. The molecule has 1 atom stereocenters. The largest absolute Gasteiger partial charge is 0.497 e. The topological polar surface area (TPSA) is 64.6 Å². The highest BCUT2D eigenvalue weighted by atomic mass is 32.2. The van der Waals surface area contributed by atoms with Crippen molar-refractivity contribution < 1.29 is 17.9 Å². The van der Waals surface area contributed by atoms with E-state index in [1.54, 1.807) is 46.3 Å². The number of benzene rings is 1. The molecule has 0 fully saturated rings. The molecule has 0 aliphatic heterocycles. The Kier molecular flexibility index (Phi) is 4.98. The lowest BCUT2D eigenvalue weighted by atomic mass is 10.1. The van der Waals surface area contributed by atoms with Crippen LogP contribution < -0.4 is 14.2 Å². The second-order valence-corrected chi connectivity index (χ2v) is 5.89. The smallest absolute Gasteiger partial charge is 0.211 e. The molecule has 1 N–H and O–H groups in total. The zero-order valence-corrected chi connectivity index (χ0v) is 11.9. The van der Waals surface area contributed by atoms with Crippen molar-refractivity contribution in [3.63, 3.8) is 0 Å². The van der Waals surface area contributed by atoms with Gasteiger partial charge in [-0.2, -0.15) is 0 Å². The number of methoxy groups -OCH3 is 2. The molecule has 0 bridgehead atoms. The number of ether oxygens (including phenoxy) is 2. The second-order valence-electron chi connectivity index (χ2n) is 3.85. The van der Waals surface area contributed by atoms with E-state index in [4.69, 9.17) is 9.47 Å². The van der Waals surface area contributed by atoms with Gasteiger partial charge in [0.1, 0.15) is 11.5 Å². The van der Waals surface area contributed by atoms with Gasteiger partial charge in [0.15, 0.2) is 0 Å². The van der Waals surface area contributed by atoms with Crippen LogP contribution in [-0.2, 0) is 10.0 Å². The van der Waals surface area contributed by atoms with Gasteiger partial charge in [-0.1, -0.05) is 0 Å². The minimum Gasteiger partial charge on any atom is -0.497 e. The summed E-state index contributed by atoms with van der Waals surface area (Å²) in [6, 6.07) is 4.91. The Morgan fingerprint density at radius 1 is 1.28 bits per heavy atom. The third kappa shape index (κ3) is 3.61. The Morgan fingerprint density at radius 3 is 2.44 bits per heavy atom. The Balaban J connectivity index is 3.06. The van der Waals surface area contributed by atoms with E-state index in [1.165, 1.54) is 0 Å². The molecular formula is C12H19NO4S. The van der Waals surface area contributed by atoms with Crippen molar-refractivity contribution in [1.82, 2.24) is 4.72 Å². The predicted molar refractivity (Wildman–Crippen MR) is 70.6 cm³/mol. The maximum absolute atomic E-state index is 11.6. The molecule has 0 aromatic heterocycles. The van der Waals surface area contributed by atoms with Crippen molar-refractivity contribution >= 4 is 10.0 Å². The number of hydrogen-bond donors (Lipinski definition) is 1. The first-order valence-electron chi connectivity index (χ1n) is 5.65. The van der Waals surface area contributed by atoms with Gasteiger partial charge in [-0.3, -0.25) is 0 Å². The van der Waals surface area contributed by atoms with E-state index >= 15 is 0 Å². The van der Waals surface area contributed by atoms with Crippen LogP contribution >= 0.6 is 0 Å². The summed E-state index contributed by atoms with van der Waals surface area (Å²) < 4.78 is 36.0. The van der Waals surface area contributed by atoms with Crippen molar-refractivity contribution in [3.8, 4) is 11.5 Å². The van der Waals surface area contributed by atoms with Gasteiger partial charge in [0, 0.05) is 11.6 Å². The van der Waals surface area contributed by atoms with Crippen LogP contribution in [0.2, 0.25) is 0 Å². The van der Waals surface area contributed by atoms with Gasteiger partial charge >= 0.3 is 0 Å². The van der Waals surface area contributed by atoms with E-state index < -0.39 is 10.0 Å². The molecule has 0 aliphatic carbocycles. The maximum Gasteiger partial charge on any atom is 0.211 e. The van der Waals surface area contributed by atoms with Crippen LogP contribution in [-0.4, -0.2) is 28.4 Å². The molecule has 5 nitrogen and oxygen atoms in total. The van der Waals surface area contributed by atoms with Crippen molar-refractivity contribution in [2.24, 2.45) is 0 Å². The highest BCUT2D eigenvalue weighted by molar-refractivity contribution is 7.89. The fourth-order valence-electron chi connectivity index (χ4n) is 1.59. The summed E-state index contributed by atoms with van der Waals surface area (Å²) in [4.78, 5) is 0. The SMILES string of the molecule is CCS(=O)(=O)N[C@H](C)c1cc(OC)ccc1OC. The van der Waals surface area contributed by atoms with E-state index in [0.29, 0.717) is 11.5 Å². The van der Waals surface area contributed by atoms with Gasteiger partial charge in [0.05, 0.1) is 20.0 Å². The second kappa shape index (κ2) is 6.06. The van der Waals surface area contributed by atoms with Crippen molar-refractivity contribution in [2.45, 2.75) is 19.9 Å². The molecule has 0 radical (unpaired) electrons. The molecule has 0 aliphatic rings. The summed E-state index contributed by atoms with van der Waals surface area (Å²) in [5, 5.41) is 0. The van der Waals surface area contributed by atoms with Gasteiger partial charge in [-0.15, -0.1) is 0 Å². The quantitative estimate of drug-likeness (QED) is 0.857. The molecule has 1 aromatic carbocycles. The Morgan fingerprint density at radius 2 is 1.94 bits per heavy atom. The summed E-state index contributed by atoms with van der Waals surface area (Å²) in [6.07, 6.45) is 0. The lowest BCUT2D eigenvalue weighted by molar-refractivity contribution is 0.395. The Labute approximate surface area is 108 Å². The molecule has 102 valence electrons. The molecule has 0 saturated heterocycles. The third-order valence-electron chi connectivity index (χ3n) is 2.64. The highest BCUT2D eigenvalue weighted by Gasteiger charge is 2.17. The number of sulfonamides is 1.